The average Bonchev–Trinajstić information content (AvgIpc) is 2.78. The van der Waals surface area contributed by atoms with E-state index in [1.165, 1.54) is 26.4 Å². The van der Waals surface area contributed by atoms with Gasteiger partial charge in [-0.1, -0.05) is 63.3 Å². The Labute approximate surface area is 191 Å². The molecule has 32 heavy (non-hydrogen) atoms. The topological polar surface area (TPSA) is 72.8 Å². The summed E-state index contributed by atoms with van der Waals surface area (Å²) in [5.41, 5.74) is 2.27. The van der Waals surface area contributed by atoms with Crippen molar-refractivity contribution in [3.8, 4) is 11.5 Å². The van der Waals surface area contributed by atoms with Crippen molar-refractivity contribution in [3.05, 3.63) is 59.2 Å². The van der Waals surface area contributed by atoms with Crippen LogP contribution in [-0.2, 0) is 11.2 Å². The molecule has 2 aromatic rings. The van der Waals surface area contributed by atoms with E-state index in [0.29, 0.717) is 36.3 Å². The summed E-state index contributed by atoms with van der Waals surface area (Å²) >= 11 is 0. The van der Waals surface area contributed by atoms with Crippen molar-refractivity contribution in [2.45, 2.75) is 77.7 Å². The highest BCUT2D eigenvalue weighted by Crippen LogP contribution is 2.29. The molecule has 0 bridgehead atoms. The summed E-state index contributed by atoms with van der Waals surface area (Å²) in [4.78, 5) is 24.7. The second kappa shape index (κ2) is 13.7. The zero-order valence-electron chi connectivity index (χ0n) is 19.6. The Kier molecular flexibility index (Phi) is 10.9. The molecule has 1 unspecified atom stereocenters. The van der Waals surface area contributed by atoms with Crippen LogP contribution >= 0.6 is 0 Å². The molecule has 0 aliphatic heterocycles. The summed E-state index contributed by atoms with van der Waals surface area (Å²) in [7, 11) is 1.52. The molecule has 0 aliphatic rings. The number of hydrogen-bond acceptors (Lipinski definition) is 5. The fourth-order valence-electron chi connectivity index (χ4n) is 3.64. The maximum Gasteiger partial charge on any atom is 0.343 e. The molecule has 0 aliphatic carbocycles. The number of ketones is 1. The number of ether oxygens (including phenoxy) is 2. The van der Waals surface area contributed by atoms with Crippen molar-refractivity contribution in [1.29, 1.82) is 0 Å². The molecular formula is C27H36O5. The number of carbonyl (C=O) groups is 2. The van der Waals surface area contributed by atoms with E-state index in [1.807, 2.05) is 25.1 Å². The molecule has 174 valence electrons. The Hall–Kier alpha value is -2.66. The van der Waals surface area contributed by atoms with E-state index in [1.54, 1.807) is 24.3 Å². The molecule has 0 spiro atoms. The van der Waals surface area contributed by atoms with Gasteiger partial charge in [0.05, 0.1) is 18.8 Å². The van der Waals surface area contributed by atoms with E-state index < -0.39 is 12.1 Å². The van der Waals surface area contributed by atoms with Crippen LogP contribution in [0.3, 0.4) is 0 Å². The first-order valence-electron chi connectivity index (χ1n) is 11.6. The number of rotatable bonds is 14. The van der Waals surface area contributed by atoms with Gasteiger partial charge in [-0.05, 0) is 49.1 Å². The molecule has 0 fully saturated rings. The zero-order chi connectivity index (χ0) is 23.3. The highest BCUT2D eigenvalue weighted by molar-refractivity contribution is 5.92. The summed E-state index contributed by atoms with van der Waals surface area (Å²) in [6, 6.07) is 12.6. The molecule has 0 radical (unpaired) electrons. The minimum atomic E-state index is -0.554. The summed E-state index contributed by atoms with van der Waals surface area (Å²) in [6.45, 7) is 4.03. The van der Waals surface area contributed by atoms with Crippen LogP contribution in [0.1, 0.15) is 79.8 Å². The van der Waals surface area contributed by atoms with Gasteiger partial charge in [0, 0.05) is 12.8 Å². The largest absolute Gasteiger partial charge is 0.493 e. The van der Waals surface area contributed by atoms with Gasteiger partial charge in [-0.25, -0.2) is 4.79 Å². The van der Waals surface area contributed by atoms with Crippen LogP contribution in [0, 0.1) is 6.92 Å². The van der Waals surface area contributed by atoms with E-state index in [-0.39, 0.29) is 12.2 Å². The summed E-state index contributed by atoms with van der Waals surface area (Å²) < 4.78 is 10.9. The predicted molar refractivity (Wildman–Crippen MR) is 126 cm³/mol. The number of benzene rings is 2. The Morgan fingerprint density at radius 1 is 1.00 bits per heavy atom. The van der Waals surface area contributed by atoms with Crippen LogP contribution < -0.4 is 9.47 Å². The first-order valence-corrected chi connectivity index (χ1v) is 11.6. The Balaban J connectivity index is 1.85. The van der Waals surface area contributed by atoms with Crippen LogP contribution in [0.15, 0.2) is 42.5 Å². The lowest BCUT2D eigenvalue weighted by molar-refractivity contribution is -0.121. The zero-order valence-corrected chi connectivity index (χ0v) is 19.6. The molecule has 1 atom stereocenters. The highest BCUT2D eigenvalue weighted by Gasteiger charge is 2.15. The number of carbonyl (C=O) groups excluding carboxylic acids is 2. The van der Waals surface area contributed by atoms with Crippen molar-refractivity contribution in [2.24, 2.45) is 0 Å². The maximum atomic E-state index is 12.5. The van der Waals surface area contributed by atoms with Gasteiger partial charge in [0.25, 0.3) is 0 Å². The monoisotopic (exact) mass is 440 g/mol. The number of esters is 1. The molecule has 0 heterocycles. The molecule has 5 heteroatoms. The summed E-state index contributed by atoms with van der Waals surface area (Å²) in [6.07, 6.45) is 6.93. The summed E-state index contributed by atoms with van der Waals surface area (Å²) in [5.74, 6) is 0.409. The first-order chi connectivity index (χ1) is 15.4. The number of aliphatic hydroxyl groups excluding tert-OH is 1. The van der Waals surface area contributed by atoms with Gasteiger partial charge in [0.15, 0.2) is 11.5 Å². The van der Waals surface area contributed by atoms with Gasteiger partial charge in [-0.2, -0.15) is 0 Å². The van der Waals surface area contributed by atoms with Crippen molar-refractivity contribution >= 4 is 11.8 Å². The van der Waals surface area contributed by atoms with Gasteiger partial charge in [-0.3, -0.25) is 4.79 Å². The number of unbranched alkanes of at least 4 members (excludes halogenated alkanes) is 4. The number of hydrogen-bond donors (Lipinski definition) is 1. The molecule has 0 amide bonds. The number of aryl methyl sites for hydroxylation is 2. The lowest BCUT2D eigenvalue weighted by atomic mass is 10.0. The van der Waals surface area contributed by atoms with E-state index in [2.05, 4.69) is 6.92 Å². The maximum absolute atomic E-state index is 12.5. The second-order valence-electron chi connectivity index (χ2n) is 8.29. The fraction of sp³-hybridized carbons (Fsp3) is 0.481. The van der Waals surface area contributed by atoms with Crippen LogP contribution in [0.5, 0.6) is 11.5 Å². The molecule has 0 saturated heterocycles. The third kappa shape index (κ3) is 8.46. The van der Waals surface area contributed by atoms with Gasteiger partial charge < -0.3 is 14.6 Å². The molecule has 0 saturated carbocycles. The average molecular weight is 441 g/mol. The lowest BCUT2D eigenvalue weighted by Crippen LogP contribution is -2.14. The van der Waals surface area contributed by atoms with Crippen LogP contribution in [0.25, 0.3) is 0 Å². The van der Waals surface area contributed by atoms with E-state index in [4.69, 9.17) is 9.47 Å². The Morgan fingerprint density at radius 3 is 2.47 bits per heavy atom. The SMILES string of the molecule is CCCCCCCC(O)CC(=O)CCc1ccc(OC(=O)c2ccccc2C)c(OC)c1. The normalized spacial score (nSPS) is 11.8. The van der Waals surface area contributed by atoms with Crippen molar-refractivity contribution in [2.75, 3.05) is 7.11 Å². The fourth-order valence-corrected chi connectivity index (χ4v) is 3.64. The Bertz CT molecular complexity index is 874. The number of aliphatic hydroxyl groups is 1. The van der Waals surface area contributed by atoms with Crippen molar-refractivity contribution < 1.29 is 24.2 Å². The van der Waals surface area contributed by atoms with Gasteiger partial charge >= 0.3 is 5.97 Å². The number of Topliss-reactive ketones (excluding diaryl/α,β-unsaturated/α-hetero) is 1. The quantitative estimate of drug-likeness (QED) is 0.227. The molecular weight excluding hydrogens is 404 g/mol. The van der Waals surface area contributed by atoms with Crippen LogP contribution in [0.2, 0.25) is 0 Å². The molecule has 1 N–H and O–H groups in total. The first kappa shape index (κ1) is 25.6. The molecule has 0 aromatic heterocycles. The van der Waals surface area contributed by atoms with E-state index in [9.17, 15) is 14.7 Å². The third-order valence-electron chi connectivity index (χ3n) is 5.59. The van der Waals surface area contributed by atoms with Crippen LogP contribution in [0.4, 0.5) is 0 Å². The van der Waals surface area contributed by atoms with E-state index in [0.717, 1.165) is 24.0 Å². The highest BCUT2D eigenvalue weighted by atomic mass is 16.6. The van der Waals surface area contributed by atoms with Gasteiger partial charge in [0.2, 0.25) is 0 Å². The predicted octanol–water partition coefficient (Wildman–Crippen LogP) is 5.84. The minimum Gasteiger partial charge on any atom is -0.493 e. The van der Waals surface area contributed by atoms with Crippen LogP contribution in [-0.4, -0.2) is 30.1 Å². The third-order valence-corrected chi connectivity index (χ3v) is 5.59. The number of methoxy groups -OCH3 is 1. The smallest absolute Gasteiger partial charge is 0.343 e. The van der Waals surface area contributed by atoms with Gasteiger partial charge in [0.1, 0.15) is 5.78 Å². The van der Waals surface area contributed by atoms with E-state index >= 15 is 0 Å². The lowest BCUT2D eigenvalue weighted by Gasteiger charge is -2.12. The molecule has 2 aromatic carbocycles. The summed E-state index contributed by atoms with van der Waals surface area (Å²) in [5, 5.41) is 10.1. The van der Waals surface area contributed by atoms with Crippen molar-refractivity contribution in [3.63, 3.8) is 0 Å². The standard InChI is InChI=1S/C27H36O5/c1-4-5-6-7-8-12-22(28)19-23(29)16-14-21-15-17-25(26(18-21)31-3)32-27(30)24-13-10-9-11-20(24)2/h9-11,13,15,17-18,22,28H,4-8,12,14,16,19H2,1-3H3. The molecule has 2 rings (SSSR count). The second-order valence-corrected chi connectivity index (χ2v) is 8.29. The van der Waals surface area contributed by atoms with Crippen molar-refractivity contribution in [1.82, 2.24) is 0 Å². The Morgan fingerprint density at radius 2 is 1.75 bits per heavy atom. The van der Waals surface area contributed by atoms with Gasteiger partial charge in [-0.15, -0.1) is 0 Å². The molecule has 5 nitrogen and oxygen atoms in total. The minimum absolute atomic E-state index is 0.0556.